The molecular formula is C32H45N3O4S. The molecule has 8 heteroatoms. The molecule has 6 rings (SSSR count). The minimum atomic E-state index is -0.405. The predicted molar refractivity (Wildman–Crippen MR) is 156 cm³/mol. The summed E-state index contributed by atoms with van der Waals surface area (Å²) in [5.41, 5.74) is 1.39. The maximum absolute atomic E-state index is 12.9. The number of nitrogens with one attached hydrogen (secondary N) is 1. The van der Waals surface area contributed by atoms with E-state index in [1.54, 1.807) is 6.20 Å². The summed E-state index contributed by atoms with van der Waals surface area (Å²) in [4.78, 5) is 21.7. The Morgan fingerprint density at radius 3 is 2.70 bits per heavy atom. The van der Waals surface area contributed by atoms with Crippen molar-refractivity contribution in [1.82, 2.24) is 9.97 Å². The number of aromatic nitrogens is 2. The van der Waals surface area contributed by atoms with Crippen molar-refractivity contribution in [3.05, 3.63) is 29.8 Å². The third-order valence-corrected chi connectivity index (χ3v) is 12.8. The smallest absolute Gasteiger partial charge is 0.226 e. The van der Waals surface area contributed by atoms with Gasteiger partial charge < -0.3 is 20.6 Å². The fourth-order valence-corrected chi connectivity index (χ4v) is 10.6. The Kier molecular flexibility index (Phi) is 7.60. The Labute approximate surface area is 241 Å². The number of pyridine rings is 1. The lowest BCUT2D eigenvalue weighted by molar-refractivity contribution is -0.207. The van der Waals surface area contributed by atoms with Crippen molar-refractivity contribution in [2.24, 2.45) is 46.3 Å². The van der Waals surface area contributed by atoms with Gasteiger partial charge in [-0.3, -0.25) is 9.78 Å². The van der Waals surface area contributed by atoms with E-state index in [0.717, 1.165) is 62.8 Å². The number of amides is 1. The van der Waals surface area contributed by atoms with E-state index in [1.165, 1.54) is 11.3 Å². The lowest BCUT2D eigenvalue weighted by Gasteiger charge is -2.63. The molecule has 40 heavy (non-hydrogen) atoms. The van der Waals surface area contributed by atoms with Crippen LogP contribution in [0.4, 0.5) is 5.13 Å². The Bertz CT molecular complexity index is 1210. The van der Waals surface area contributed by atoms with E-state index >= 15 is 0 Å². The molecule has 4 N–H and O–H groups in total. The van der Waals surface area contributed by atoms with Gasteiger partial charge in [0.1, 0.15) is 5.69 Å². The molecule has 0 radical (unpaired) electrons. The molecule has 0 aliphatic heterocycles. The number of thiazole rings is 1. The average molecular weight is 568 g/mol. The molecule has 2 aromatic rings. The second-order valence-corrected chi connectivity index (χ2v) is 14.7. The number of carbonyl (C=O) groups is 1. The fourth-order valence-electron chi connectivity index (χ4n) is 9.84. The Morgan fingerprint density at radius 1 is 1.10 bits per heavy atom. The molecule has 4 saturated carbocycles. The van der Waals surface area contributed by atoms with Crippen molar-refractivity contribution in [2.45, 2.75) is 96.9 Å². The summed E-state index contributed by atoms with van der Waals surface area (Å²) >= 11 is 1.41. The van der Waals surface area contributed by atoms with Gasteiger partial charge in [-0.1, -0.05) is 26.8 Å². The van der Waals surface area contributed by atoms with Crippen LogP contribution in [0, 0.1) is 46.3 Å². The highest BCUT2D eigenvalue weighted by molar-refractivity contribution is 7.14. The van der Waals surface area contributed by atoms with Gasteiger partial charge in [-0.05, 0) is 110 Å². The first-order chi connectivity index (χ1) is 19.1. The van der Waals surface area contributed by atoms with E-state index < -0.39 is 6.10 Å². The van der Waals surface area contributed by atoms with E-state index in [2.05, 4.69) is 36.1 Å². The molecule has 0 bridgehead atoms. The fraction of sp³-hybridized carbons (Fsp3) is 0.719. The summed E-state index contributed by atoms with van der Waals surface area (Å²) in [6, 6.07) is 5.70. The lowest BCUT2D eigenvalue weighted by Crippen LogP contribution is -2.62. The first kappa shape index (κ1) is 28.3. The SMILES string of the molecule is C[C@H](CCC(=O)Nc1nc(-c2ccccn2)cs1)[C@@H]1CC[C@@H]2[C@@H]3[C@H](O)C[C@H]4C[C@H](O)CC[C@]4(C)[C@@H]3C[C@H](O)[C@@]21C. The highest BCUT2D eigenvalue weighted by atomic mass is 32.1. The lowest BCUT2D eigenvalue weighted by atomic mass is 9.43. The minimum absolute atomic E-state index is 0.0288. The molecule has 0 aromatic carbocycles. The summed E-state index contributed by atoms with van der Waals surface area (Å²) in [5, 5.41) is 39.1. The molecule has 0 unspecified atom stereocenters. The number of anilines is 1. The average Bonchev–Trinajstić information content (AvgIpc) is 3.54. The number of fused-ring (bicyclic) bond motifs is 5. The molecule has 2 heterocycles. The number of hydrogen-bond acceptors (Lipinski definition) is 7. The molecule has 218 valence electrons. The highest BCUT2D eigenvalue weighted by Gasteiger charge is 2.65. The summed E-state index contributed by atoms with van der Waals surface area (Å²) in [5.74, 6) is 1.72. The zero-order valence-electron chi connectivity index (χ0n) is 24.0. The monoisotopic (exact) mass is 567 g/mol. The summed E-state index contributed by atoms with van der Waals surface area (Å²) in [7, 11) is 0. The quantitative estimate of drug-likeness (QED) is 0.365. The maximum Gasteiger partial charge on any atom is 0.226 e. The maximum atomic E-state index is 12.9. The number of rotatable bonds is 6. The summed E-state index contributed by atoms with van der Waals surface area (Å²) in [6.45, 7) is 6.88. The van der Waals surface area contributed by atoms with Gasteiger partial charge >= 0.3 is 0 Å². The van der Waals surface area contributed by atoms with Crippen LogP contribution in [0.5, 0.6) is 0 Å². The van der Waals surface area contributed by atoms with Gasteiger partial charge in [-0.25, -0.2) is 4.98 Å². The van der Waals surface area contributed by atoms with Crippen molar-refractivity contribution >= 4 is 22.4 Å². The van der Waals surface area contributed by atoms with Gasteiger partial charge in [0.25, 0.3) is 0 Å². The first-order valence-electron chi connectivity index (χ1n) is 15.3. The molecule has 7 nitrogen and oxygen atoms in total. The third-order valence-electron chi connectivity index (χ3n) is 12.0. The third kappa shape index (κ3) is 4.73. The molecule has 0 saturated heterocycles. The van der Waals surface area contributed by atoms with Gasteiger partial charge in [0, 0.05) is 18.0 Å². The second-order valence-electron chi connectivity index (χ2n) is 13.8. The van der Waals surface area contributed by atoms with Crippen LogP contribution in [-0.4, -0.2) is 49.5 Å². The van der Waals surface area contributed by atoms with Crippen molar-refractivity contribution in [2.75, 3.05) is 5.32 Å². The largest absolute Gasteiger partial charge is 0.393 e. The van der Waals surface area contributed by atoms with Crippen molar-refractivity contribution in [1.29, 1.82) is 0 Å². The molecule has 0 spiro atoms. The van der Waals surface area contributed by atoms with Crippen LogP contribution in [0.25, 0.3) is 11.4 Å². The molecule has 4 aliphatic carbocycles. The van der Waals surface area contributed by atoms with E-state index in [4.69, 9.17) is 0 Å². The van der Waals surface area contributed by atoms with Crippen LogP contribution in [0.15, 0.2) is 29.8 Å². The molecule has 11 atom stereocenters. The van der Waals surface area contributed by atoms with Gasteiger partial charge in [-0.2, -0.15) is 0 Å². The number of hydrogen-bond donors (Lipinski definition) is 4. The Morgan fingerprint density at radius 2 is 1.93 bits per heavy atom. The zero-order valence-corrected chi connectivity index (χ0v) is 24.8. The van der Waals surface area contributed by atoms with Crippen molar-refractivity contribution in [3.8, 4) is 11.4 Å². The van der Waals surface area contributed by atoms with Crippen molar-refractivity contribution < 1.29 is 20.1 Å². The summed E-state index contributed by atoms with van der Waals surface area (Å²) in [6.07, 6.45) is 8.08. The molecule has 2 aromatic heterocycles. The number of carbonyl (C=O) groups excluding carboxylic acids is 1. The molecule has 4 fully saturated rings. The molecule has 4 aliphatic rings. The van der Waals surface area contributed by atoms with Gasteiger partial charge in [0.05, 0.1) is 24.0 Å². The van der Waals surface area contributed by atoms with Crippen LogP contribution in [0.1, 0.15) is 78.6 Å². The highest BCUT2D eigenvalue weighted by Crippen LogP contribution is 2.68. The van der Waals surface area contributed by atoms with Crippen LogP contribution >= 0.6 is 11.3 Å². The molecular weight excluding hydrogens is 522 g/mol. The van der Waals surface area contributed by atoms with E-state index in [-0.39, 0.29) is 34.9 Å². The Balaban J connectivity index is 1.10. The number of aliphatic hydroxyl groups excluding tert-OH is 3. The van der Waals surface area contributed by atoms with E-state index in [0.29, 0.717) is 41.1 Å². The number of aliphatic hydroxyl groups is 3. The van der Waals surface area contributed by atoms with E-state index in [1.807, 2.05) is 23.6 Å². The second kappa shape index (κ2) is 10.8. The summed E-state index contributed by atoms with van der Waals surface area (Å²) < 4.78 is 0. The van der Waals surface area contributed by atoms with Crippen LogP contribution < -0.4 is 5.32 Å². The predicted octanol–water partition coefficient (Wildman–Crippen LogP) is 5.52. The normalized spacial score (nSPS) is 41.5. The first-order valence-corrected chi connectivity index (χ1v) is 16.2. The Hall–Kier alpha value is -1.87. The van der Waals surface area contributed by atoms with Gasteiger partial charge in [0.2, 0.25) is 5.91 Å². The van der Waals surface area contributed by atoms with Crippen LogP contribution in [0.3, 0.4) is 0 Å². The van der Waals surface area contributed by atoms with Gasteiger partial charge in [0.15, 0.2) is 5.13 Å². The zero-order chi connectivity index (χ0) is 28.2. The molecule has 1 amide bonds. The number of nitrogens with zero attached hydrogens (tertiary/aromatic N) is 2. The topological polar surface area (TPSA) is 116 Å². The van der Waals surface area contributed by atoms with E-state index in [9.17, 15) is 20.1 Å². The van der Waals surface area contributed by atoms with Crippen LogP contribution in [0.2, 0.25) is 0 Å². The minimum Gasteiger partial charge on any atom is -0.393 e. The van der Waals surface area contributed by atoms with Crippen molar-refractivity contribution in [3.63, 3.8) is 0 Å². The van der Waals surface area contributed by atoms with Gasteiger partial charge in [-0.15, -0.1) is 11.3 Å². The van der Waals surface area contributed by atoms with Crippen LogP contribution in [-0.2, 0) is 4.79 Å². The standard InChI is InChI=1S/C32H45N3O4S/c1-18(7-10-28(39)35-30-34-25(17-40-30)24-6-4-5-13-33-24)21-8-9-22-29-23(16-27(38)32(21,22)3)31(2)12-11-20(36)14-19(31)15-26(29)37/h4-6,13,17-23,26-27,29,36-38H,7-12,14-16H2,1-3H3,(H,34,35,39)/t18-,19-,20-,21+,22-,23-,26-,27+,29+,31+,32-/m1/s1.